The summed E-state index contributed by atoms with van der Waals surface area (Å²) in [4.78, 5) is 28.8. The summed E-state index contributed by atoms with van der Waals surface area (Å²) in [6, 6.07) is 22.0. The predicted molar refractivity (Wildman–Crippen MR) is 159 cm³/mol. The van der Waals surface area contributed by atoms with E-state index in [1.807, 2.05) is 30.3 Å². The maximum Gasteiger partial charge on any atom is 0.264 e. The van der Waals surface area contributed by atoms with Gasteiger partial charge in [-0.2, -0.15) is 0 Å². The van der Waals surface area contributed by atoms with Crippen LogP contribution in [0.15, 0.2) is 83.8 Å². The Morgan fingerprint density at radius 1 is 0.975 bits per heavy atom. The third-order valence-electron chi connectivity index (χ3n) is 7.40. The summed E-state index contributed by atoms with van der Waals surface area (Å²) in [6.45, 7) is 3.26. The molecular formula is C31H36ClN3O4S. The summed E-state index contributed by atoms with van der Waals surface area (Å²) in [7, 11) is -4.13. The number of sulfonamides is 1. The maximum atomic E-state index is 14.0. The number of anilines is 1. The van der Waals surface area contributed by atoms with Gasteiger partial charge >= 0.3 is 0 Å². The summed E-state index contributed by atoms with van der Waals surface area (Å²) >= 11 is 6.28. The summed E-state index contributed by atoms with van der Waals surface area (Å²) < 4.78 is 28.9. The number of carbonyl (C=O) groups excluding carboxylic acids is 2. The molecule has 2 amide bonds. The van der Waals surface area contributed by atoms with E-state index in [1.165, 1.54) is 17.0 Å². The summed E-state index contributed by atoms with van der Waals surface area (Å²) in [6.07, 6.45) is 4.51. The Morgan fingerprint density at radius 2 is 1.60 bits per heavy atom. The summed E-state index contributed by atoms with van der Waals surface area (Å²) in [5.74, 6) is -0.700. The van der Waals surface area contributed by atoms with E-state index in [1.54, 1.807) is 50.2 Å². The monoisotopic (exact) mass is 581 g/mol. The van der Waals surface area contributed by atoms with E-state index in [9.17, 15) is 18.0 Å². The Labute approximate surface area is 242 Å². The number of amides is 2. The molecular weight excluding hydrogens is 546 g/mol. The lowest BCUT2D eigenvalue weighted by Crippen LogP contribution is -2.53. The molecule has 7 nitrogen and oxygen atoms in total. The van der Waals surface area contributed by atoms with Gasteiger partial charge in [0.1, 0.15) is 12.6 Å². The van der Waals surface area contributed by atoms with E-state index < -0.39 is 28.5 Å². The van der Waals surface area contributed by atoms with Crippen LogP contribution in [0.5, 0.6) is 0 Å². The van der Waals surface area contributed by atoms with Crippen LogP contribution in [0.25, 0.3) is 0 Å². The van der Waals surface area contributed by atoms with Gasteiger partial charge in [0.2, 0.25) is 11.8 Å². The van der Waals surface area contributed by atoms with Crippen LogP contribution >= 0.6 is 11.6 Å². The zero-order chi connectivity index (χ0) is 28.7. The van der Waals surface area contributed by atoms with Crippen molar-refractivity contribution in [2.45, 2.75) is 62.9 Å². The lowest BCUT2D eigenvalue weighted by Gasteiger charge is -2.33. The van der Waals surface area contributed by atoms with E-state index in [0.717, 1.165) is 35.6 Å². The molecule has 0 unspecified atom stereocenters. The van der Waals surface area contributed by atoms with Crippen LogP contribution in [0.3, 0.4) is 0 Å². The predicted octanol–water partition coefficient (Wildman–Crippen LogP) is 5.36. The van der Waals surface area contributed by atoms with Crippen molar-refractivity contribution in [2.75, 3.05) is 17.4 Å². The second-order valence-corrected chi connectivity index (χ2v) is 12.5. The molecule has 1 N–H and O–H groups in total. The Balaban J connectivity index is 1.66. The minimum absolute atomic E-state index is 0.0602. The Bertz CT molecular complexity index is 1410. The Hall–Kier alpha value is -3.36. The van der Waals surface area contributed by atoms with Crippen molar-refractivity contribution in [3.05, 3.63) is 95.0 Å². The smallest absolute Gasteiger partial charge is 0.264 e. The molecule has 1 aliphatic carbocycles. The lowest BCUT2D eigenvalue weighted by atomic mass is 10.1. The minimum Gasteiger partial charge on any atom is -0.352 e. The van der Waals surface area contributed by atoms with Crippen molar-refractivity contribution < 1.29 is 18.0 Å². The van der Waals surface area contributed by atoms with Gasteiger partial charge in [-0.15, -0.1) is 0 Å². The number of halogens is 1. The standard InChI is InChI=1S/C31H36ClN3O4S/c1-23-17-18-26(32)21-29(23)35(40(38,39)28-15-7-4-8-16-28)22-30(36)34(20-19-25-11-5-3-6-12-25)24(2)31(37)33-27-13-9-10-14-27/h3-8,11-12,15-18,21,24,27H,9-10,13-14,19-20,22H2,1-2H3,(H,33,37)/t24-/m1/s1. The first-order valence-electron chi connectivity index (χ1n) is 13.6. The highest BCUT2D eigenvalue weighted by Gasteiger charge is 2.33. The fourth-order valence-electron chi connectivity index (χ4n) is 5.05. The maximum absolute atomic E-state index is 14.0. The average molecular weight is 582 g/mol. The van der Waals surface area contributed by atoms with Crippen LogP contribution in [0.4, 0.5) is 5.69 Å². The van der Waals surface area contributed by atoms with Crippen molar-refractivity contribution in [1.29, 1.82) is 0 Å². The lowest BCUT2D eigenvalue weighted by molar-refractivity contribution is -0.139. The van der Waals surface area contributed by atoms with Gasteiger partial charge in [-0.25, -0.2) is 8.42 Å². The van der Waals surface area contributed by atoms with Gasteiger partial charge in [-0.3, -0.25) is 13.9 Å². The molecule has 3 aromatic carbocycles. The molecule has 40 heavy (non-hydrogen) atoms. The van der Waals surface area contributed by atoms with Gasteiger partial charge in [0.25, 0.3) is 10.0 Å². The number of benzene rings is 3. The molecule has 1 aliphatic rings. The van der Waals surface area contributed by atoms with Gasteiger partial charge in [0, 0.05) is 17.6 Å². The molecule has 3 aromatic rings. The molecule has 212 valence electrons. The fraction of sp³-hybridized carbons (Fsp3) is 0.355. The second-order valence-electron chi connectivity index (χ2n) is 10.2. The third-order valence-corrected chi connectivity index (χ3v) is 9.41. The number of carbonyl (C=O) groups is 2. The fourth-order valence-corrected chi connectivity index (χ4v) is 6.70. The Morgan fingerprint density at radius 3 is 2.25 bits per heavy atom. The van der Waals surface area contributed by atoms with E-state index >= 15 is 0 Å². The molecule has 0 radical (unpaired) electrons. The van der Waals surface area contributed by atoms with Crippen LogP contribution in [0, 0.1) is 6.92 Å². The molecule has 0 bridgehead atoms. The molecule has 0 aromatic heterocycles. The number of hydrogen-bond acceptors (Lipinski definition) is 4. The van der Waals surface area contributed by atoms with E-state index in [0.29, 0.717) is 22.7 Å². The van der Waals surface area contributed by atoms with Crippen molar-refractivity contribution in [3.63, 3.8) is 0 Å². The largest absolute Gasteiger partial charge is 0.352 e. The zero-order valence-corrected chi connectivity index (χ0v) is 24.5. The number of hydrogen-bond donors (Lipinski definition) is 1. The molecule has 1 saturated carbocycles. The first kappa shape index (κ1) is 29.6. The van der Waals surface area contributed by atoms with Gasteiger partial charge < -0.3 is 10.2 Å². The van der Waals surface area contributed by atoms with E-state index in [2.05, 4.69) is 5.32 Å². The van der Waals surface area contributed by atoms with Crippen LogP contribution in [-0.4, -0.2) is 50.3 Å². The first-order valence-corrected chi connectivity index (χ1v) is 15.5. The Kier molecular flexibility index (Phi) is 9.87. The molecule has 1 atom stereocenters. The van der Waals surface area contributed by atoms with Gasteiger partial charge in [-0.1, -0.05) is 79.0 Å². The van der Waals surface area contributed by atoms with E-state index in [-0.39, 0.29) is 23.4 Å². The number of rotatable bonds is 11. The van der Waals surface area contributed by atoms with Crippen LogP contribution in [0.2, 0.25) is 5.02 Å². The van der Waals surface area contributed by atoms with Crippen molar-refractivity contribution in [1.82, 2.24) is 10.2 Å². The van der Waals surface area contributed by atoms with Crippen molar-refractivity contribution in [2.24, 2.45) is 0 Å². The highest BCUT2D eigenvalue weighted by Crippen LogP contribution is 2.30. The highest BCUT2D eigenvalue weighted by atomic mass is 35.5. The van der Waals surface area contributed by atoms with Crippen LogP contribution < -0.4 is 9.62 Å². The number of aryl methyl sites for hydroxylation is 1. The molecule has 0 aliphatic heterocycles. The SMILES string of the molecule is Cc1ccc(Cl)cc1N(CC(=O)N(CCc1ccccc1)[C@H](C)C(=O)NC1CCCC1)S(=O)(=O)c1ccccc1. The third kappa shape index (κ3) is 7.23. The number of nitrogens with zero attached hydrogens (tertiary/aromatic N) is 2. The van der Waals surface area contributed by atoms with Crippen LogP contribution in [-0.2, 0) is 26.0 Å². The topological polar surface area (TPSA) is 86.8 Å². The first-order chi connectivity index (χ1) is 19.2. The molecule has 4 rings (SSSR count). The average Bonchev–Trinajstić information content (AvgIpc) is 3.47. The molecule has 0 saturated heterocycles. The van der Waals surface area contributed by atoms with Crippen molar-refractivity contribution >= 4 is 39.1 Å². The molecule has 9 heteroatoms. The normalized spacial score (nSPS) is 14.5. The van der Waals surface area contributed by atoms with Gasteiger partial charge in [0.05, 0.1) is 10.6 Å². The van der Waals surface area contributed by atoms with Crippen molar-refractivity contribution in [3.8, 4) is 0 Å². The molecule has 1 fully saturated rings. The highest BCUT2D eigenvalue weighted by molar-refractivity contribution is 7.92. The summed E-state index contributed by atoms with van der Waals surface area (Å²) in [5, 5.41) is 3.44. The van der Waals surface area contributed by atoms with Crippen LogP contribution in [0.1, 0.15) is 43.7 Å². The molecule has 0 spiro atoms. The van der Waals surface area contributed by atoms with E-state index in [4.69, 9.17) is 11.6 Å². The quantitative estimate of drug-likeness (QED) is 0.330. The zero-order valence-electron chi connectivity index (χ0n) is 22.9. The second kappa shape index (κ2) is 13.3. The van der Waals surface area contributed by atoms with Gasteiger partial charge in [0.15, 0.2) is 0 Å². The minimum atomic E-state index is -4.13. The number of nitrogens with one attached hydrogen (secondary N) is 1. The summed E-state index contributed by atoms with van der Waals surface area (Å²) in [5.41, 5.74) is 1.98. The van der Waals surface area contributed by atoms with Gasteiger partial charge in [-0.05, 0) is 68.5 Å². The molecule has 0 heterocycles.